The van der Waals surface area contributed by atoms with E-state index in [1.165, 1.54) is 0 Å². The van der Waals surface area contributed by atoms with Crippen molar-refractivity contribution in [2.24, 2.45) is 5.41 Å². The SMILES string of the molecule is CC(C)(C)OC(=O)N1[C@H]2C[C@@]3(COCCCCOCc4ccc(Br)nc4CC2=O)C[C@@H]13. The fraction of sp³-hybridized carbons (Fsp3) is 0.696. The van der Waals surface area contributed by atoms with Gasteiger partial charge in [-0.1, -0.05) is 6.07 Å². The Kier molecular flexibility index (Phi) is 6.43. The lowest BCUT2D eigenvalue weighted by molar-refractivity contribution is -0.123. The van der Waals surface area contributed by atoms with Crippen LogP contribution < -0.4 is 0 Å². The minimum atomic E-state index is -0.616. The lowest BCUT2D eigenvalue weighted by Crippen LogP contribution is -2.46. The fourth-order valence-corrected chi connectivity index (χ4v) is 4.97. The lowest BCUT2D eigenvalue weighted by Gasteiger charge is -2.30. The van der Waals surface area contributed by atoms with Crippen molar-refractivity contribution in [2.75, 3.05) is 19.8 Å². The van der Waals surface area contributed by atoms with Gasteiger partial charge in [0, 0.05) is 24.7 Å². The van der Waals surface area contributed by atoms with E-state index < -0.39 is 17.7 Å². The molecule has 2 fully saturated rings. The first-order valence-corrected chi connectivity index (χ1v) is 11.8. The molecule has 1 saturated heterocycles. The van der Waals surface area contributed by atoms with Gasteiger partial charge in [0.25, 0.3) is 0 Å². The highest BCUT2D eigenvalue weighted by Gasteiger charge is 2.67. The Bertz CT molecular complexity index is 855. The summed E-state index contributed by atoms with van der Waals surface area (Å²) in [7, 11) is 0. The molecule has 1 saturated carbocycles. The van der Waals surface area contributed by atoms with Crippen LogP contribution in [0, 0.1) is 5.41 Å². The Labute approximate surface area is 191 Å². The van der Waals surface area contributed by atoms with E-state index in [4.69, 9.17) is 14.2 Å². The number of ether oxygens (including phenoxy) is 3. The number of rotatable bonds is 0. The first-order chi connectivity index (χ1) is 14.7. The van der Waals surface area contributed by atoms with E-state index in [9.17, 15) is 9.59 Å². The van der Waals surface area contributed by atoms with E-state index in [1.807, 2.05) is 32.9 Å². The molecule has 1 aliphatic carbocycles. The Hall–Kier alpha value is -1.51. The Morgan fingerprint density at radius 2 is 1.97 bits per heavy atom. The van der Waals surface area contributed by atoms with Crippen molar-refractivity contribution in [3.63, 3.8) is 0 Å². The number of fused-ring (bicyclic) bond motifs is 2. The topological polar surface area (TPSA) is 78.0 Å². The number of piperidine rings is 1. The maximum atomic E-state index is 13.4. The highest BCUT2D eigenvalue weighted by Crippen LogP contribution is 2.60. The Morgan fingerprint density at radius 3 is 2.71 bits per heavy atom. The predicted octanol–water partition coefficient (Wildman–Crippen LogP) is 4.05. The second kappa shape index (κ2) is 8.79. The van der Waals surface area contributed by atoms with Gasteiger partial charge in [0.2, 0.25) is 0 Å². The summed E-state index contributed by atoms with van der Waals surface area (Å²) in [6.45, 7) is 7.83. The molecule has 3 aliphatic rings. The summed E-state index contributed by atoms with van der Waals surface area (Å²) >= 11 is 3.41. The molecule has 1 amide bonds. The average molecular weight is 495 g/mol. The normalized spacial score (nSPS) is 29.4. The van der Waals surface area contributed by atoms with Crippen LogP contribution in [-0.4, -0.2) is 59.3 Å². The molecule has 8 heteroatoms. The molecule has 0 aromatic carbocycles. The summed E-state index contributed by atoms with van der Waals surface area (Å²) in [5, 5.41) is 0. The number of nitrogens with zero attached hydrogens (tertiary/aromatic N) is 2. The van der Waals surface area contributed by atoms with Crippen molar-refractivity contribution >= 4 is 27.8 Å². The van der Waals surface area contributed by atoms with Gasteiger partial charge in [0.1, 0.15) is 10.2 Å². The summed E-state index contributed by atoms with van der Waals surface area (Å²) in [5.41, 5.74) is 0.851. The molecule has 1 aromatic heterocycles. The first kappa shape index (κ1) is 22.7. The molecule has 2 aliphatic heterocycles. The first-order valence-electron chi connectivity index (χ1n) is 11.0. The molecule has 7 nitrogen and oxygen atoms in total. The van der Waals surface area contributed by atoms with Crippen LogP contribution in [0.2, 0.25) is 0 Å². The van der Waals surface area contributed by atoms with Crippen molar-refractivity contribution in [1.82, 2.24) is 9.88 Å². The van der Waals surface area contributed by atoms with Crippen molar-refractivity contribution in [2.45, 2.75) is 77.2 Å². The third kappa shape index (κ3) is 5.12. The highest BCUT2D eigenvalue weighted by atomic mass is 79.9. The number of hydrogen-bond acceptors (Lipinski definition) is 6. The van der Waals surface area contributed by atoms with E-state index in [2.05, 4.69) is 20.9 Å². The molecule has 0 radical (unpaired) electrons. The second-order valence-electron chi connectivity index (χ2n) is 9.88. The van der Waals surface area contributed by atoms with Gasteiger partial charge in [-0.05, 0) is 74.0 Å². The van der Waals surface area contributed by atoms with Gasteiger partial charge in [-0.25, -0.2) is 9.78 Å². The number of pyridine rings is 1. The van der Waals surface area contributed by atoms with Gasteiger partial charge in [-0.15, -0.1) is 0 Å². The summed E-state index contributed by atoms with van der Waals surface area (Å²) in [6, 6.07) is 3.29. The summed E-state index contributed by atoms with van der Waals surface area (Å²) in [6.07, 6.45) is 3.06. The number of amides is 1. The number of carbonyl (C=O) groups is 2. The summed E-state index contributed by atoms with van der Waals surface area (Å²) < 4.78 is 18.1. The maximum absolute atomic E-state index is 13.4. The smallest absolute Gasteiger partial charge is 0.411 e. The molecule has 31 heavy (non-hydrogen) atoms. The van der Waals surface area contributed by atoms with Gasteiger partial charge in [-0.2, -0.15) is 0 Å². The van der Waals surface area contributed by atoms with Crippen LogP contribution in [0.25, 0.3) is 0 Å². The van der Waals surface area contributed by atoms with Crippen molar-refractivity contribution < 1.29 is 23.8 Å². The zero-order valence-corrected chi connectivity index (χ0v) is 20.1. The largest absolute Gasteiger partial charge is 0.444 e. The van der Waals surface area contributed by atoms with Crippen molar-refractivity contribution in [3.8, 4) is 0 Å². The van der Waals surface area contributed by atoms with E-state index >= 15 is 0 Å². The number of halogens is 1. The summed E-state index contributed by atoms with van der Waals surface area (Å²) in [5.74, 6) is -0.0147. The maximum Gasteiger partial charge on any atom is 0.411 e. The molecule has 0 N–H and O–H groups in total. The van der Waals surface area contributed by atoms with Crippen LogP contribution in [0.5, 0.6) is 0 Å². The van der Waals surface area contributed by atoms with Gasteiger partial charge in [-0.3, -0.25) is 9.69 Å². The van der Waals surface area contributed by atoms with Crippen LogP contribution in [0.1, 0.15) is 57.7 Å². The highest BCUT2D eigenvalue weighted by molar-refractivity contribution is 9.10. The van der Waals surface area contributed by atoms with Gasteiger partial charge >= 0.3 is 6.09 Å². The van der Waals surface area contributed by atoms with Crippen LogP contribution in [0.3, 0.4) is 0 Å². The third-order valence-corrected chi connectivity index (χ3v) is 6.69. The molecular formula is C23H31BrN2O5. The lowest BCUT2D eigenvalue weighted by atomic mass is 9.95. The van der Waals surface area contributed by atoms with Gasteiger partial charge in [0.05, 0.1) is 31.4 Å². The molecule has 3 heterocycles. The van der Waals surface area contributed by atoms with E-state index in [1.54, 1.807) is 4.90 Å². The number of ketones is 1. The third-order valence-electron chi connectivity index (χ3n) is 6.24. The molecule has 3 atom stereocenters. The monoisotopic (exact) mass is 494 g/mol. The van der Waals surface area contributed by atoms with Crippen LogP contribution in [-0.2, 0) is 32.0 Å². The van der Waals surface area contributed by atoms with Crippen LogP contribution >= 0.6 is 15.9 Å². The van der Waals surface area contributed by atoms with Gasteiger partial charge < -0.3 is 14.2 Å². The van der Waals surface area contributed by atoms with E-state index in [-0.39, 0.29) is 23.7 Å². The Morgan fingerprint density at radius 1 is 1.23 bits per heavy atom. The standard InChI is InChI=1S/C23H31BrN2O5/c1-22(2,3)31-21(28)26-17-11-23(12-19(23)26)14-30-9-5-4-8-29-13-15-6-7-20(24)25-16(15)10-18(17)27/h6-7,17,19H,4-5,8-14H2,1-3H3/t17-,19+,23-/m0/s1. The summed E-state index contributed by atoms with van der Waals surface area (Å²) in [4.78, 5) is 32.7. The second-order valence-corrected chi connectivity index (χ2v) is 10.7. The minimum Gasteiger partial charge on any atom is -0.444 e. The van der Waals surface area contributed by atoms with Crippen LogP contribution in [0.15, 0.2) is 16.7 Å². The average Bonchev–Trinajstić information content (AvgIpc) is 3.26. The fourth-order valence-electron chi connectivity index (χ4n) is 4.63. The van der Waals surface area contributed by atoms with Crippen molar-refractivity contribution in [1.29, 1.82) is 0 Å². The molecular weight excluding hydrogens is 464 g/mol. The zero-order valence-electron chi connectivity index (χ0n) is 18.5. The predicted molar refractivity (Wildman–Crippen MR) is 118 cm³/mol. The number of Topliss-reactive ketones (excluding diaryl/α,β-unsaturated/α-hetero) is 1. The zero-order chi connectivity index (χ0) is 22.2. The van der Waals surface area contributed by atoms with Crippen molar-refractivity contribution in [3.05, 3.63) is 28.0 Å². The van der Waals surface area contributed by atoms with Crippen LogP contribution in [0.4, 0.5) is 4.79 Å². The number of hydrogen-bond donors (Lipinski definition) is 0. The molecule has 2 bridgehead atoms. The van der Waals surface area contributed by atoms with Gasteiger partial charge in [0.15, 0.2) is 5.78 Å². The van der Waals surface area contributed by atoms with E-state index in [0.29, 0.717) is 43.1 Å². The molecule has 0 unspecified atom stereocenters. The molecule has 1 spiro atoms. The number of aromatic nitrogens is 1. The Balaban J connectivity index is 1.61. The molecule has 1 aromatic rings. The molecule has 4 rings (SSSR count). The number of carbonyl (C=O) groups excluding carboxylic acids is 2. The quantitative estimate of drug-likeness (QED) is 0.506. The minimum absolute atomic E-state index is 0.00229. The molecule has 170 valence electrons. The number of likely N-dealkylation sites (tertiary alicyclic amines) is 1. The van der Waals surface area contributed by atoms with E-state index in [0.717, 1.165) is 24.8 Å².